The van der Waals surface area contributed by atoms with Gasteiger partial charge in [-0.05, 0) is 23.8 Å². The Morgan fingerprint density at radius 1 is 1.06 bits per heavy atom. The number of alkyl halides is 5. The van der Waals surface area contributed by atoms with Crippen molar-refractivity contribution in [2.24, 2.45) is 5.73 Å². The van der Waals surface area contributed by atoms with Gasteiger partial charge in [-0.15, -0.1) is 12.4 Å². The standard InChI is InChI=1S/C9H6BrF6N.ClH/c10-5-1-4(2-6(11)3-5)7(17)8(12,13)9(14,15)16;/h1-3,7H,17H2;1H/t7-;/m0./s1. The summed E-state index contributed by atoms with van der Waals surface area (Å²) in [5, 5.41) is 0. The van der Waals surface area contributed by atoms with E-state index in [2.05, 4.69) is 15.9 Å². The first-order valence-corrected chi connectivity index (χ1v) is 5.01. The Morgan fingerprint density at radius 3 is 1.94 bits per heavy atom. The summed E-state index contributed by atoms with van der Waals surface area (Å²) in [5.74, 6) is -6.08. The summed E-state index contributed by atoms with van der Waals surface area (Å²) in [7, 11) is 0. The molecule has 0 unspecified atom stereocenters. The van der Waals surface area contributed by atoms with E-state index in [0.29, 0.717) is 6.07 Å². The zero-order chi connectivity index (χ0) is 13.4. The van der Waals surface area contributed by atoms with E-state index in [1.54, 1.807) is 0 Å². The maximum atomic E-state index is 12.9. The van der Waals surface area contributed by atoms with Crippen LogP contribution >= 0.6 is 28.3 Å². The van der Waals surface area contributed by atoms with E-state index >= 15 is 0 Å². The van der Waals surface area contributed by atoms with E-state index in [-0.39, 0.29) is 16.9 Å². The molecule has 0 radical (unpaired) electrons. The van der Waals surface area contributed by atoms with Crippen molar-refractivity contribution in [3.8, 4) is 0 Å². The highest BCUT2D eigenvalue weighted by molar-refractivity contribution is 9.10. The molecule has 0 aromatic heterocycles. The molecular weight excluding hydrogens is 351 g/mol. The largest absolute Gasteiger partial charge is 0.455 e. The van der Waals surface area contributed by atoms with Crippen LogP contribution in [0.4, 0.5) is 26.3 Å². The number of nitrogens with two attached hydrogens (primary N) is 1. The van der Waals surface area contributed by atoms with Gasteiger partial charge < -0.3 is 5.73 Å². The van der Waals surface area contributed by atoms with Crippen molar-refractivity contribution >= 4 is 28.3 Å². The van der Waals surface area contributed by atoms with Crippen LogP contribution in [0.25, 0.3) is 0 Å². The van der Waals surface area contributed by atoms with Crippen molar-refractivity contribution in [2.75, 3.05) is 0 Å². The van der Waals surface area contributed by atoms with Gasteiger partial charge in [0.25, 0.3) is 0 Å². The fraction of sp³-hybridized carbons (Fsp3) is 0.333. The highest BCUT2D eigenvalue weighted by atomic mass is 79.9. The number of rotatable bonds is 2. The van der Waals surface area contributed by atoms with Crippen LogP contribution in [-0.2, 0) is 0 Å². The molecule has 0 saturated carbocycles. The van der Waals surface area contributed by atoms with Crippen molar-refractivity contribution in [3.05, 3.63) is 34.1 Å². The Labute approximate surface area is 113 Å². The summed E-state index contributed by atoms with van der Waals surface area (Å²) in [4.78, 5) is 0. The summed E-state index contributed by atoms with van der Waals surface area (Å²) in [6.07, 6.45) is -5.79. The lowest BCUT2D eigenvalue weighted by Gasteiger charge is -2.26. The summed E-state index contributed by atoms with van der Waals surface area (Å²) < 4.78 is 74.8. The molecule has 1 aromatic carbocycles. The predicted molar refractivity (Wildman–Crippen MR) is 59.3 cm³/mol. The van der Waals surface area contributed by atoms with Crippen molar-refractivity contribution in [3.63, 3.8) is 0 Å². The number of hydrogen-bond acceptors (Lipinski definition) is 1. The molecule has 0 saturated heterocycles. The molecule has 0 aliphatic rings. The summed E-state index contributed by atoms with van der Waals surface area (Å²) in [6.45, 7) is 0. The highest BCUT2D eigenvalue weighted by Gasteiger charge is 2.61. The van der Waals surface area contributed by atoms with Gasteiger partial charge in [0, 0.05) is 4.47 Å². The van der Waals surface area contributed by atoms with Crippen LogP contribution in [-0.4, -0.2) is 12.1 Å². The predicted octanol–water partition coefficient (Wildman–Crippen LogP) is 4.21. The fourth-order valence-corrected chi connectivity index (χ4v) is 1.62. The van der Waals surface area contributed by atoms with Crippen LogP contribution in [0.3, 0.4) is 0 Å². The second kappa shape index (κ2) is 5.66. The summed E-state index contributed by atoms with van der Waals surface area (Å²) >= 11 is 2.78. The van der Waals surface area contributed by atoms with Crippen molar-refractivity contribution in [1.29, 1.82) is 0 Å². The molecule has 9 heteroatoms. The van der Waals surface area contributed by atoms with Crippen LogP contribution in [0.2, 0.25) is 0 Å². The maximum Gasteiger partial charge on any atom is 0.455 e. The van der Waals surface area contributed by atoms with E-state index in [1.165, 1.54) is 0 Å². The van der Waals surface area contributed by atoms with Crippen LogP contribution in [0, 0.1) is 5.82 Å². The molecule has 0 aliphatic heterocycles. The van der Waals surface area contributed by atoms with Gasteiger partial charge in [0.05, 0.1) is 0 Å². The molecule has 0 fully saturated rings. The molecule has 2 N–H and O–H groups in total. The topological polar surface area (TPSA) is 26.0 Å². The van der Waals surface area contributed by atoms with Crippen LogP contribution < -0.4 is 5.73 Å². The first kappa shape index (κ1) is 17.5. The van der Waals surface area contributed by atoms with Crippen LogP contribution in [0.15, 0.2) is 22.7 Å². The zero-order valence-electron chi connectivity index (χ0n) is 8.44. The van der Waals surface area contributed by atoms with Gasteiger partial charge in [0.15, 0.2) is 0 Å². The van der Waals surface area contributed by atoms with Crippen molar-refractivity contribution in [1.82, 2.24) is 0 Å². The van der Waals surface area contributed by atoms with E-state index in [9.17, 15) is 26.3 Å². The smallest absolute Gasteiger partial charge is 0.319 e. The SMILES string of the molecule is Cl.N[C@@H](c1cc(F)cc(Br)c1)C(F)(F)C(F)(F)F. The molecule has 18 heavy (non-hydrogen) atoms. The van der Waals surface area contributed by atoms with Crippen LogP contribution in [0.1, 0.15) is 11.6 Å². The molecule has 1 aromatic rings. The maximum absolute atomic E-state index is 12.9. The first-order chi connectivity index (χ1) is 7.55. The van der Waals surface area contributed by atoms with Gasteiger partial charge in [-0.25, -0.2) is 4.39 Å². The van der Waals surface area contributed by atoms with Crippen molar-refractivity contribution < 1.29 is 26.3 Å². The summed E-state index contributed by atoms with van der Waals surface area (Å²) in [6, 6.07) is -0.292. The van der Waals surface area contributed by atoms with Gasteiger partial charge >= 0.3 is 12.1 Å². The molecule has 0 aliphatic carbocycles. The Bertz CT molecular complexity index is 402. The quantitative estimate of drug-likeness (QED) is 0.788. The molecule has 104 valence electrons. The average molecular weight is 359 g/mol. The Hall–Kier alpha value is -0.470. The minimum Gasteiger partial charge on any atom is -0.319 e. The van der Waals surface area contributed by atoms with E-state index in [1.807, 2.05) is 0 Å². The molecule has 0 bridgehead atoms. The molecule has 0 heterocycles. The zero-order valence-corrected chi connectivity index (χ0v) is 10.8. The van der Waals surface area contributed by atoms with E-state index in [4.69, 9.17) is 5.73 Å². The Balaban J connectivity index is 0.00000289. The molecule has 1 nitrogen and oxygen atoms in total. The van der Waals surface area contributed by atoms with Crippen molar-refractivity contribution in [2.45, 2.75) is 18.1 Å². The third kappa shape index (κ3) is 3.52. The molecule has 0 spiro atoms. The monoisotopic (exact) mass is 357 g/mol. The Morgan fingerprint density at radius 2 is 1.56 bits per heavy atom. The lowest BCUT2D eigenvalue weighted by atomic mass is 10.0. The Kier molecular flexibility index (Phi) is 5.52. The van der Waals surface area contributed by atoms with E-state index in [0.717, 1.165) is 12.1 Å². The first-order valence-electron chi connectivity index (χ1n) is 4.22. The summed E-state index contributed by atoms with van der Waals surface area (Å²) in [5.41, 5.74) is 4.20. The van der Waals surface area contributed by atoms with Gasteiger partial charge in [-0.3, -0.25) is 0 Å². The number of benzene rings is 1. The van der Waals surface area contributed by atoms with E-state index < -0.39 is 29.5 Å². The minimum absolute atomic E-state index is 0. The fourth-order valence-electron chi connectivity index (χ4n) is 1.14. The normalized spacial score (nSPS) is 14.0. The van der Waals surface area contributed by atoms with Gasteiger partial charge in [0.2, 0.25) is 0 Å². The van der Waals surface area contributed by atoms with Gasteiger partial charge in [0.1, 0.15) is 11.9 Å². The number of hydrogen-bond donors (Lipinski definition) is 1. The second-order valence-corrected chi connectivity index (χ2v) is 4.22. The average Bonchev–Trinajstić information content (AvgIpc) is 2.13. The number of halogens is 8. The third-order valence-corrected chi connectivity index (χ3v) is 2.47. The van der Waals surface area contributed by atoms with Gasteiger partial charge in [-0.1, -0.05) is 15.9 Å². The molecular formula is C9H7BrClF6N. The lowest BCUT2D eigenvalue weighted by molar-refractivity contribution is -0.291. The third-order valence-electron chi connectivity index (χ3n) is 2.01. The van der Waals surface area contributed by atoms with Gasteiger partial charge in [-0.2, -0.15) is 22.0 Å². The second-order valence-electron chi connectivity index (χ2n) is 3.30. The van der Waals surface area contributed by atoms with Crippen LogP contribution in [0.5, 0.6) is 0 Å². The minimum atomic E-state index is -5.79. The molecule has 0 amide bonds. The highest BCUT2D eigenvalue weighted by Crippen LogP contribution is 2.43. The molecule has 1 rings (SSSR count). The molecule has 1 atom stereocenters. The lowest BCUT2D eigenvalue weighted by Crippen LogP contribution is -2.45.